The molecule has 1 aromatic heterocycles. The van der Waals surface area contributed by atoms with Crippen LogP contribution in [-0.2, 0) is 40.4 Å². The van der Waals surface area contributed by atoms with Gasteiger partial charge in [0.25, 0.3) is 0 Å². The minimum absolute atomic E-state index is 0.0896. The molecule has 3 saturated carbocycles. The van der Waals surface area contributed by atoms with Crippen molar-refractivity contribution in [1.29, 1.82) is 0 Å². The summed E-state index contributed by atoms with van der Waals surface area (Å²) in [6.07, 6.45) is 1.09. The number of nitrogens with zero attached hydrogens (tertiary/aromatic N) is 3. The van der Waals surface area contributed by atoms with Crippen molar-refractivity contribution in [2.45, 2.75) is 148 Å². The summed E-state index contributed by atoms with van der Waals surface area (Å²) in [6, 6.07) is 4.14. The van der Waals surface area contributed by atoms with Crippen LogP contribution in [0.4, 0.5) is 8.78 Å². The van der Waals surface area contributed by atoms with Gasteiger partial charge in [0.15, 0.2) is 5.78 Å². The molecular weight excluding hydrogens is 787 g/mol. The quantitative estimate of drug-likeness (QED) is 0.265. The maximum Gasteiger partial charge on any atom is 0.306 e. The molecule has 16 heteroatoms. The monoisotopic (exact) mass is 844 g/mol. The molecule has 4 fully saturated rings. The number of methoxy groups -OCH3 is 1. The van der Waals surface area contributed by atoms with E-state index in [0.29, 0.717) is 54.6 Å². The number of carbonyl (C=O) groups excluding carboxylic acids is 4. The summed E-state index contributed by atoms with van der Waals surface area (Å²) in [7, 11) is -2.65. The van der Waals surface area contributed by atoms with Crippen LogP contribution in [0.25, 0.3) is 11.0 Å². The molecule has 0 radical (unpaired) electrons. The zero-order chi connectivity index (χ0) is 42.7. The Labute approximate surface area is 345 Å². The second-order valence-corrected chi connectivity index (χ2v) is 21.1. The lowest BCUT2D eigenvalue weighted by atomic mass is 9.77. The van der Waals surface area contributed by atoms with Crippen molar-refractivity contribution < 1.29 is 50.6 Å². The van der Waals surface area contributed by atoms with E-state index in [1.807, 2.05) is 33.8 Å². The smallest absolute Gasteiger partial charge is 0.306 e. The molecule has 59 heavy (non-hydrogen) atoms. The van der Waals surface area contributed by atoms with Crippen LogP contribution in [-0.4, -0.2) is 89.9 Å². The third-order valence-corrected chi connectivity index (χ3v) is 15.7. The summed E-state index contributed by atoms with van der Waals surface area (Å²) in [5.74, 6) is -4.84. The number of aryl methyl sites for hydroxylation is 1. The van der Waals surface area contributed by atoms with Crippen molar-refractivity contribution in [3.05, 3.63) is 23.9 Å². The number of carbonyl (C=O) groups is 4. The summed E-state index contributed by atoms with van der Waals surface area (Å²) in [5.41, 5.74) is -0.960. The van der Waals surface area contributed by atoms with Gasteiger partial charge in [-0.3, -0.25) is 23.9 Å². The molecule has 2 bridgehead atoms. The molecule has 2 aliphatic heterocycles. The molecule has 1 saturated heterocycles. The van der Waals surface area contributed by atoms with Gasteiger partial charge in [-0.2, -0.15) is 0 Å². The molecule has 1 N–H and O–H groups in total. The topological polar surface area (TPSA) is 171 Å². The first kappa shape index (κ1) is 43.1. The van der Waals surface area contributed by atoms with E-state index in [2.05, 4.69) is 4.72 Å². The van der Waals surface area contributed by atoms with Crippen LogP contribution in [0, 0.1) is 34.5 Å². The second-order valence-electron chi connectivity index (χ2n) is 18.9. The van der Waals surface area contributed by atoms with Gasteiger partial charge in [-0.05, 0) is 81.8 Å². The highest BCUT2D eigenvalue weighted by atomic mass is 32.2. The van der Waals surface area contributed by atoms with E-state index in [1.54, 1.807) is 19.2 Å². The number of benzene rings is 1. The van der Waals surface area contributed by atoms with E-state index in [9.17, 15) is 31.6 Å². The molecule has 3 heterocycles. The summed E-state index contributed by atoms with van der Waals surface area (Å²) in [5, 5.41) is 0. The predicted octanol–water partition coefficient (Wildman–Crippen LogP) is 6.34. The number of halogens is 2. The number of hydrogen-bond donors (Lipinski definition) is 1. The number of hydrogen-bond acceptors (Lipinski definition) is 11. The fourth-order valence-electron chi connectivity index (χ4n) is 9.21. The van der Waals surface area contributed by atoms with Crippen molar-refractivity contribution >= 4 is 44.6 Å². The molecule has 1 aromatic carbocycles. The number of sulfonamides is 1. The van der Waals surface area contributed by atoms with Gasteiger partial charge in [-0.15, -0.1) is 0 Å². The number of ketones is 1. The van der Waals surface area contributed by atoms with Crippen LogP contribution in [0.2, 0.25) is 0 Å². The fourth-order valence-corrected chi connectivity index (χ4v) is 10.5. The number of rotatable bonds is 10. The van der Waals surface area contributed by atoms with Crippen LogP contribution < -0.4 is 14.2 Å². The lowest BCUT2D eigenvalue weighted by Crippen LogP contribution is -2.50. The Morgan fingerprint density at radius 3 is 2.46 bits per heavy atom. The van der Waals surface area contributed by atoms with E-state index in [1.165, 1.54) is 11.8 Å². The van der Waals surface area contributed by atoms with Gasteiger partial charge in [0.1, 0.15) is 23.7 Å². The molecule has 0 spiro atoms. The largest absolute Gasteiger partial charge is 0.497 e. The van der Waals surface area contributed by atoms with Gasteiger partial charge in [-0.1, -0.05) is 47.0 Å². The minimum atomic E-state index is -4.20. The Bertz CT molecular complexity index is 2090. The van der Waals surface area contributed by atoms with Crippen LogP contribution in [0.5, 0.6) is 11.6 Å². The van der Waals surface area contributed by atoms with Crippen molar-refractivity contribution in [2.24, 2.45) is 34.5 Å². The predicted molar refractivity (Wildman–Crippen MR) is 213 cm³/mol. The maximum atomic E-state index is 15.0. The number of alkyl halides is 2. The van der Waals surface area contributed by atoms with E-state index in [4.69, 9.17) is 24.2 Å². The Kier molecular flexibility index (Phi) is 11.8. The number of fused-ring (bicyclic) bond motifs is 5. The molecule has 2 amide bonds. The molecule has 5 aliphatic rings. The van der Waals surface area contributed by atoms with Gasteiger partial charge in [-0.25, -0.2) is 27.2 Å². The molecule has 0 unspecified atom stereocenters. The maximum absolute atomic E-state index is 15.0. The minimum Gasteiger partial charge on any atom is -0.497 e. The van der Waals surface area contributed by atoms with Gasteiger partial charge in [0.2, 0.25) is 34.1 Å². The molecular formula is C43H58F2N4O9S. The summed E-state index contributed by atoms with van der Waals surface area (Å²) in [6.45, 7) is 8.82. The summed E-state index contributed by atoms with van der Waals surface area (Å²) >= 11 is 0. The highest BCUT2D eigenvalue weighted by Crippen LogP contribution is 2.59. The van der Waals surface area contributed by atoms with Crippen LogP contribution in [0.1, 0.15) is 117 Å². The number of aromatic nitrogens is 2. The van der Waals surface area contributed by atoms with E-state index in [0.717, 1.165) is 32.1 Å². The third-order valence-electron chi connectivity index (χ3n) is 13.6. The fraction of sp³-hybridized carbons (Fsp3) is 0.721. The Balaban J connectivity index is 1.28. The van der Waals surface area contributed by atoms with Crippen LogP contribution >= 0.6 is 0 Å². The van der Waals surface area contributed by atoms with Crippen molar-refractivity contribution in [3.63, 3.8) is 0 Å². The zero-order valence-electron chi connectivity index (χ0n) is 34.9. The van der Waals surface area contributed by atoms with Gasteiger partial charge in [0, 0.05) is 24.3 Å². The first-order chi connectivity index (χ1) is 27.8. The number of amides is 2. The van der Waals surface area contributed by atoms with Crippen molar-refractivity contribution in [1.82, 2.24) is 19.6 Å². The molecule has 7 rings (SSSR count). The van der Waals surface area contributed by atoms with Crippen molar-refractivity contribution in [3.8, 4) is 11.6 Å². The van der Waals surface area contributed by atoms with Gasteiger partial charge in [0.05, 0.1) is 53.2 Å². The molecule has 8 atom stereocenters. The van der Waals surface area contributed by atoms with E-state index in [-0.39, 0.29) is 37.3 Å². The Morgan fingerprint density at radius 2 is 1.81 bits per heavy atom. The third kappa shape index (κ3) is 8.79. The molecule has 324 valence electrons. The molecule has 2 aromatic rings. The highest BCUT2D eigenvalue weighted by Gasteiger charge is 2.67. The number of nitrogens with one attached hydrogen (secondary N) is 1. The van der Waals surface area contributed by atoms with Crippen molar-refractivity contribution in [2.75, 3.05) is 13.7 Å². The van der Waals surface area contributed by atoms with Crippen LogP contribution in [0.3, 0.4) is 0 Å². The SMILES string of the molecule is CCC[C@@H]1[C@@H]2CN(C(=O)[C@H](C(C)(C)C)CC(=O)O[C@@H]3C[C@H]3CCCCCc3nc4ccc(OC)cc4nc3O2)[C@@H]1C(=O)C[C@]1(C(=O)NS(=O)(=O)C2(C)CC2)C[C@H]1C(F)F. The van der Waals surface area contributed by atoms with Gasteiger partial charge < -0.3 is 19.1 Å². The first-order valence-electron chi connectivity index (χ1n) is 21.2. The number of esters is 1. The second kappa shape index (κ2) is 16.2. The Morgan fingerprint density at radius 1 is 1.07 bits per heavy atom. The average molecular weight is 845 g/mol. The standard InChI is InChI=1S/C43H58F2N4O9S/c1-7-11-26-34-23-49(36(26)32(50)22-43(21-28(43)37(44)45)40(53)48-59(54,55)42(5)16-17-42)39(52)27(41(2,3)4)20-35(51)57-33-18-24(33)12-9-8-10-13-30-38(58-34)47-31-19-25(56-6)14-15-29(31)46-30/h14-15,19,24,26-28,33-34,36-37H,7-13,16-18,20-23H2,1-6H3,(H,48,53)/t24-,26-,27-,28+,33-,34+,36+,43-/m1/s1. The van der Waals surface area contributed by atoms with E-state index >= 15 is 4.79 Å². The number of Topliss-reactive ketones (excluding diaryl/α,β-unsaturated/α-hetero) is 1. The first-order valence-corrected chi connectivity index (χ1v) is 22.7. The van der Waals surface area contributed by atoms with Gasteiger partial charge >= 0.3 is 5.97 Å². The summed E-state index contributed by atoms with van der Waals surface area (Å²) < 4.78 is 74.2. The molecule has 3 aliphatic carbocycles. The molecule has 13 nitrogen and oxygen atoms in total. The highest BCUT2D eigenvalue weighted by molar-refractivity contribution is 7.91. The lowest BCUT2D eigenvalue weighted by Gasteiger charge is -2.35. The average Bonchev–Trinajstić information content (AvgIpc) is 4.12. The number of ether oxygens (including phenoxy) is 3. The van der Waals surface area contributed by atoms with Crippen LogP contribution in [0.15, 0.2) is 18.2 Å². The summed E-state index contributed by atoms with van der Waals surface area (Å²) in [4.78, 5) is 68.5. The zero-order valence-corrected chi connectivity index (χ0v) is 35.7. The lowest BCUT2D eigenvalue weighted by molar-refractivity contribution is -0.154. The normalized spacial score (nSPS) is 30.9. The Hall–Kier alpha value is -3.95. The van der Waals surface area contributed by atoms with E-state index < -0.39 is 91.9 Å².